The smallest absolute Gasteiger partial charge is 0.319 e. The SMILES string of the molecule is CNC(=O)NCC(NC(=O)NC)C(NC(=O)NC)C(NC(=O)NC)C(NC(=O)NC)N(C)c1ccc2c(-c3ccccc3C(=O)[O-])c3cc/c(=[N+](/C)C(NC(=O)NC)C(NC(=O)NC)C(NC(=O)NC)C(CNC(=O)NC)NC(=O)NC)cc-3oc2c1. The zero-order valence-corrected chi connectivity index (χ0v) is 50.0. The molecule has 35 heteroatoms. The summed E-state index contributed by atoms with van der Waals surface area (Å²) in [6.07, 6.45) is -2.80. The normalized spacial score (nSPS) is 13.7. The average Bonchev–Trinajstić information content (AvgIpc) is 1.35. The van der Waals surface area contributed by atoms with Crippen LogP contribution in [0.1, 0.15) is 10.4 Å². The molecule has 1 heterocycles. The van der Waals surface area contributed by atoms with Crippen LogP contribution in [0.4, 0.5) is 53.6 Å². The second kappa shape index (κ2) is 32.8. The molecule has 35 nitrogen and oxygen atoms in total. The highest BCUT2D eigenvalue weighted by atomic mass is 16.4. The lowest BCUT2D eigenvalue weighted by Crippen LogP contribution is -2.73. The van der Waals surface area contributed by atoms with Crippen LogP contribution in [0.25, 0.3) is 33.4 Å². The summed E-state index contributed by atoms with van der Waals surface area (Å²) < 4.78 is 8.28. The van der Waals surface area contributed by atoms with Crippen molar-refractivity contribution in [2.45, 2.75) is 48.6 Å². The number of carbonyl (C=O) groups is 11. The summed E-state index contributed by atoms with van der Waals surface area (Å²) in [5.41, 5.74) is 0.997. The maximum atomic E-state index is 13.6. The number of carboxylic acids is 1. The van der Waals surface area contributed by atoms with Gasteiger partial charge in [-0.05, 0) is 23.8 Å². The number of anilines is 1. The van der Waals surface area contributed by atoms with Crippen LogP contribution in [0.15, 0.2) is 65.1 Å². The van der Waals surface area contributed by atoms with E-state index >= 15 is 0 Å². The van der Waals surface area contributed by atoms with Gasteiger partial charge in [0, 0.05) is 131 Å². The van der Waals surface area contributed by atoms with Crippen LogP contribution in [0.2, 0.25) is 0 Å². The lowest BCUT2D eigenvalue weighted by Gasteiger charge is -2.43. The molecule has 0 bridgehead atoms. The number of urea groups is 10. The Labute approximate surface area is 499 Å². The number of hydrogen-bond donors (Lipinski definition) is 20. The highest BCUT2D eigenvalue weighted by Crippen LogP contribution is 2.42. The van der Waals surface area contributed by atoms with Gasteiger partial charge in [-0.25, -0.2) is 52.5 Å². The van der Waals surface area contributed by atoms with Crippen LogP contribution in [-0.2, 0) is 0 Å². The Kier molecular flexibility index (Phi) is 25.9. The number of aromatic carboxylic acids is 1. The first kappa shape index (κ1) is 68.6. The maximum absolute atomic E-state index is 13.6. The van der Waals surface area contributed by atoms with Crippen molar-refractivity contribution in [2.75, 3.05) is 103 Å². The number of nitrogens with zero attached hydrogens (tertiary/aromatic N) is 2. The minimum atomic E-state index is -1.51. The van der Waals surface area contributed by atoms with E-state index in [2.05, 4.69) is 106 Å². The van der Waals surface area contributed by atoms with E-state index in [1.807, 2.05) is 0 Å². The summed E-state index contributed by atoms with van der Waals surface area (Å²) in [5, 5.41) is 65.3. The number of amides is 20. The number of rotatable bonds is 23. The Bertz CT molecular complexity index is 3180. The molecule has 87 heavy (non-hydrogen) atoms. The first-order chi connectivity index (χ1) is 41.5. The van der Waals surface area contributed by atoms with E-state index in [9.17, 15) is 57.8 Å². The van der Waals surface area contributed by atoms with E-state index in [4.69, 9.17) is 4.42 Å². The second-order valence-corrected chi connectivity index (χ2v) is 18.8. The molecule has 2 aliphatic rings. The Hall–Kier alpha value is -10.9. The van der Waals surface area contributed by atoms with Crippen molar-refractivity contribution in [3.05, 3.63) is 71.6 Å². The van der Waals surface area contributed by atoms with Crippen molar-refractivity contribution in [3.63, 3.8) is 0 Å². The van der Waals surface area contributed by atoms with Gasteiger partial charge in [0.25, 0.3) is 6.17 Å². The van der Waals surface area contributed by atoms with E-state index in [-0.39, 0.29) is 46.6 Å². The van der Waals surface area contributed by atoms with Gasteiger partial charge in [0.1, 0.15) is 30.6 Å². The predicted octanol–water partition coefficient (Wildman–Crippen LogP) is -4.44. The number of likely N-dealkylation sites (N-methyl/N-ethyl adjacent to an activating group) is 2. The van der Waals surface area contributed by atoms with Gasteiger partial charge < -0.3 is 120 Å². The van der Waals surface area contributed by atoms with Crippen LogP contribution < -0.4 is 126 Å². The molecule has 2 aromatic rings. The fourth-order valence-corrected chi connectivity index (χ4v) is 9.17. The standard InChI is InChI=1S/C52H78N22O13/c1-53-43(77)63-23-31(65-45(79)55-3)36(67-47(81)57-5)38(69-49(83)59-7)40(71-51(85)61-9)73(11)25-17-19-29-33(21-25)87-34-22-26(18-20-30(34)35(29)27-15-13-14-16-28(27)42(75)76)74(12)41(72-52(86)62-10)39(70-50(84)60-8)37(68-48(82)58-6)32(66-46(80)56-4)24-64-44(78)54-2/h13-22,31-32,36-41H,23-24H2,1-12H3,(H20-,53,54,55,56,57,58,59,60,61,62,63,64,65,66,67,68,69,70,71,72,75,76,77,78,79,80,81,82,83,84,85,86). The van der Waals surface area contributed by atoms with Crippen LogP contribution >= 0.6 is 0 Å². The zero-order chi connectivity index (χ0) is 64.7. The number of fused-ring (bicyclic) bond motifs is 2. The van der Waals surface area contributed by atoms with Gasteiger partial charge in [-0.3, -0.25) is 5.32 Å². The molecule has 8 unspecified atom stereocenters. The second-order valence-electron chi connectivity index (χ2n) is 18.8. The fourth-order valence-electron chi connectivity index (χ4n) is 9.17. The third kappa shape index (κ3) is 18.3. The van der Waals surface area contributed by atoms with Crippen LogP contribution in [0, 0.1) is 0 Å². The lowest BCUT2D eigenvalue weighted by atomic mass is 9.90. The topological polar surface area (TPSA) is 471 Å². The molecule has 0 spiro atoms. The highest BCUT2D eigenvalue weighted by molar-refractivity contribution is 6.07. The van der Waals surface area contributed by atoms with Crippen molar-refractivity contribution in [3.8, 4) is 22.5 Å². The number of hydrogen-bond acceptors (Lipinski definition) is 14. The van der Waals surface area contributed by atoms with Crippen LogP contribution in [0.3, 0.4) is 0 Å². The quantitative estimate of drug-likeness (QED) is 0.0189. The third-order valence-corrected chi connectivity index (χ3v) is 13.7. The molecule has 20 N–H and O–H groups in total. The Morgan fingerprint density at radius 3 is 1.38 bits per heavy atom. The zero-order valence-electron chi connectivity index (χ0n) is 50.0. The van der Waals surface area contributed by atoms with Gasteiger partial charge in [-0.1, -0.05) is 24.3 Å². The van der Waals surface area contributed by atoms with Gasteiger partial charge >= 0.3 is 60.3 Å². The first-order valence-electron chi connectivity index (χ1n) is 26.9. The molecule has 474 valence electrons. The summed E-state index contributed by atoms with van der Waals surface area (Å²) in [7, 11) is 16.4. The third-order valence-electron chi connectivity index (χ3n) is 13.7. The molecule has 4 rings (SSSR count). The van der Waals surface area contributed by atoms with E-state index in [1.54, 1.807) is 48.5 Å². The Morgan fingerprint density at radius 2 is 0.897 bits per heavy atom. The molecule has 2 aromatic carbocycles. The molecule has 8 atom stereocenters. The molecular formula is C52H78N22O13. The lowest BCUT2D eigenvalue weighted by molar-refractivity contribution is -0.255. The minimum Gasteiger partial charge on any atom is -0.545 e. The molecule has 0 aromatic heterocycles. The monoisotopic (exact) mass is 1220 g/mol. The van der Waals surface area contributed by atoms with E-state index in [1.165, 1.54) is 106 Å². The molecular weight excluding hydrogens is 1140 g/mol. The van der Waals surface area contributed by atoms with Gasteiger partial charge in [0.2, 0.25) is 5.36 Å². The van der Waals surface area contributed by atoms with Crippen molar-refractivity contribution in [2.24, 2.45) is 0 Å². The molecule has 0 radical (unpaired) electrons. The van der Waals surface area contributed by atoms with E-state index in [0.717, 1.165) is 0 Å². The van der Waals surface area contributed by atoms with E-state index < -0.39 is 115 Å². The van der Waals surface area contributed by atoms with Gasteiger partial charge in [0.15, 0.2) is 0 Å². The Morgan fingerprint density at radius 1 is 0.471 bits per heavy atom. The molecule has 0 fully saturated rings. The van der Waals surface area contributed by atoms with Gasteiger partial charge in [-0.15, -0.1) is 0 Å². The number of nitrogens with one attached hydrogen (secondary N) is 20. The fraction of sp³-hybridized carbons (Fsp3) is 0.423. The molecule has 20 amide bonds. The maximum Gasteiger partial charge on any atom is 0.319 e. The average molecular weight is 1220 g/mol. The largest absolute Gasteiger partial charge is 0.545 e. The van der Waals surface area contributed by atoms with Gasteiger partial charge in [-0.2, -0.15) is 0 Å². The number of carboxylic acid groups (broad SMARTS) is 1. The first-order valence-corrected chi connectivity index (χ1v) is 26.9. The Balaban J connectivity index is 2.20. The predicted molar refractivity (Wildman–Crippen MR) is 318 cm³/mol. The summed E-state index contributed by atoms with van der Waals surface area (Å²) in [6, 6.07) is -0.159. The van der Waals surface area contributed by atoms with E-state index in [0.29, 0.717) is 16.5 Å². The minimum absolute atomic E-state index is 0.0825. The summed E-state index contributed by atoms with van der Waals surface area (Å²) in [4.78, 5) is 147. The van der Waals surface area contributed by atoms with Crippen LogP contribution in [-0.4, -0.2) is 213 Å². The van der Waals surface area contributed by atoms with Crippen molar-refractivity contribution >= 4 is 82.9 Å². The van der Waals surface area contributed by atoms with Crippen molar-refractivity contribution in [1.82, 2.24) is 111 Å². The number of benzene rings is 3. The summed E-state index contributed by atoms with van der Waals surface area (Å²) >= 11 is 0. The van der Waals surface area contributed by atoms with Crippen LogP contribution in [0.5, 0.6) is 0 Å². The van der Waals surface area contributed by atoms with Crippen molar-refractivity contribution in [1.29, 1.82) is 0 Å². The number of carbonyl (C=O) groups excluding carboxylic acids is 11. The molecule has 0 saturated heterocycles. The highest BCUT2D eigenvalue weighted by Gasteiger charge is 2.44. The molecule has 1 aliphatic carbocycles. The summed E-state index contributed by atoms with van der Waals surface area (Å²) in [5.74, 6) is -1.43. The molecule has 0 saturated carbocycles. The summed E-state index contributed by atoms with van der Waals surface area (Å²) in [6.45, 7) is -0.709. The van der Waals surface area contributed by atoms with Gasteiger partial charge in [0.05, 0.1) is 42.2 Å². The molecule has 1 aliphatic heterocycles. The van der Waals surface area contributed by atoms with Crippen molar-refractivity contribution < 1.29 is 62.3 Å².